The van der Waals surface area contributed by atoms with Crippen molar-refractivity contribution >= 4 is 42.2 Å². The van der Waals surface area contributed by atoms with Gasteiger partial charge >= 0.3 is 0 Å². The Bertz CT molecular complexity index is 919. The average Bonchev–Trinajstić information content (AvgIpc) is 2.72. The first kappa shape index (κ1) is 26.6. The van der Waals surface area contributed by atoms with E-state index in [4.69, 9.17) is 5.73 Å². The van der Waals surface area contributed by atoms with Crippen molar-refractivity contribution in [1.82, 2.24) is 14.9 Å². The summed E-state index contributed by atoms with van der Waals surface area (Å²) in [4.78, 5) is 34.7. The summed E-state index contributed by atoms with van der Waals surface area (Å²) in [5.74, 6) is 1.53. The second kappa shape index (κ2) is 13.1. The van der Waals surface area contributed by atoms with Gasteiger partial charge in [0.15, 0.2) is 5.78 Å². The van der Waals surface area contributed by atoms with Gasteiger partial charge in [-0.1, -0.05) is 29.8 Å². The number of thioether (sulfide) groups is 1. The minimum absolute atomic E-state index is 0. The lowest BCUT2D eigenvalue weighted by molar-refractivity contribution is -0.116. The van der Waals surface area contributed by atoms with Crippen LogP contribution in [0.3, 0.4) is 0 Å². The normalized spacial score (nSPS) is 11.4. The maximum atomic E-state index is 12.4. The zero-order valence-electron chi connectivity index (χ0n) is 18.0. The lowest BCUT2D eigenvalue weighted by Gasteiger charge is -2.22. The van der Waals surface area contributed by atoms with Crippen LogP contribution in [-0.4, -0.2) is 44.5 Å². The largest absolute Gasteiger partial charge is 0.396 e. The third-order valence-electron chi connectivity index (χ3n) is 4.64. The van der Waals surface area contributed by atoms with Crippen molar-refractivity contribution in [3.8, 4) is 0 Å². The average molecular weight is 465 g/mol. The Morgan fingerprint density at radius 2 is 1.90 bits per heavy atom. The van der Waals surface area contributed by atoms with Crippen LogP contribution in [-0.2, 0) is 11.3 Å². The van der Waals surface area contributed by atoms with Crippen LogP contribution in [0.4, 0.5) is 5.82 Å². The number of anilines is 1. The molecule has 0 bridgehead atoms. The van der Waals surface area contributed by atoms with E-state index in [-0.39, 0.29) is 31.3 Å². The maximum Gasteiger partial charge on any atom is 0.214 e. The fourth-order valence-corrected chi connectivity index (χ4v) is 3.92. The van der Waals surface area contributed by atoms with Crippen molar-refractivity contribution in [3.63, 3.8) is 0 Å². The first-order valence-corrected chi connectivity index (χ1v) is 10.7. The molecule has 1 heterocycles. The van der Waals surface area contributed by atoms with Gasteiger partial charge in [-0.2, -0.15) is 0 Å². The molecule has 0 aliphatic heterocycles. The molecule has 0 aliphatic rings. The van der Waals surface area contributed by atoms with Crippen LogP contribution in [0.25, 0.3) is 0 Å². The number of amides is 1. The van der Waals surface area contributed by atoms with Gasteiger partial charge < -0.3 is 15.7 Å². The predicted octanol–water partition coefficient (Wildman–Crippen LogP) is 3.68. The van der Waals surface area contributed by atoms with E-state index < -0.39 is 0 Å². The first-order chi connectivity index (χ1) is 14.3. The van der Waals surface area contributed by atoms with E-state index in [9.17, 15) is 14.7 Å². The minimum atomic E-state index is -0.0476. The molecule has 3 N–H and O–H groups in total. The van der Waals surface area contributed by atoms with Crippen molar-refractivity contribution in [2.75, 3.05) is 18.1 Å². The maximum absolute atomic E-state index is 12.4. The van der Waals surface area contributed by atoms with Gasteiger partial charge in [0.05, 0.1) is 6.54 Å². The molecule has 0 unspecified atom stereocenters. The lowest BCUT2D eigenvalue weighted by Crippen LogP contribution is -2.22. The van der Waals surface area contributed by atoms with Crippen molar-refractivity contribution in [2.24, 2.45) is 0 Å². The molecule has 2 rings (SSSR count). The smallest absolute Gasteiger partial charge is 0.214 e. The molecule has 0 spiro atoms. The van der Waals surface area contributed by atoms with Crippen LogP contribution < -0.4 is 5.73 Å². The molecule has 9 heteroatoms. The molecule has 2 aromatic rings. The molecule has 7 nitrogen and oxygen atoms in total. The van der Waals surface area contributed by atoms with Crippen LogP contribution in [0, 0.1) is 13.8 Å². The van der Waals surface area contributed by atoms with Gasteiger partial charge in [-0.3, -0.25) is 9.59 Å². The van der Waals surface area contributed by atoms with E-state index in [0.29, 0.717) is 47.1 Å². The number of rotatable bonds is 11. The van der Waals surface area contributed by atoms with Gasteiger partial charge in [-0.05, 0) is 20.8 Å². The van der Waals surface area contributed by atoms with Crippen LogP contribution in [0.2, 0.25) is 0 Å². The zero-order valence-corrected chi connectivity index (χ0v) is 19.6. The standard InChI is InChI=1S/C22H28N4O3S.ClH/c1-15-4-6-18(7-5-15)20(29)9-11-30-21(8-10-27)16(2)26(14-28)13-19-12-24-17(3)25-22(19)23;/h4-7,12,14,27H,8-11,13H2,1-3H3,(H2,23,24,25);1H. The van der Waals surface area contributed by atoms with Gasteiger partial charge in [0, 0.05) is 53.1 Å². The molecule has 0 fully saturated rings. The molecule has 0 aliphatic carbocycles. The Labute approximate surface area is 193 Å². The predicted molar refractivity (Wildman–Crippen MR) is 127 cm³/mol. The Morgan fingerprint density at radius 1 is 1.23 bits per heavy atom. The summed E-state index contributed by atoms with van der Waals surface area (Å²) in [6, 6.07) is 7.51. The third-order valence-corrected chi connectivity index (χ3v) is 5.89. The van der Waals surface area contributed by atoms with E-state index in [1.807, 2.05) is 38.1 Å². The topological polar surface area (TPSA) is 109 Å². The number of aliphatic hydroxyl groups excluding tert-OH is 1. The summed E-state index contributed by atoms with van der Waals surface area (Å²) in [6.45, 7) is 5.73. The third kappa shape index (κ3) is 7.97. The number of hydrogen-bond donors (Lipinski definition) is 2. The van der Waals surface area contributed by atoms with Crippen molar-refractivity contribution < 1.29 is 14.7 Å². The number of allylic oxidation sites excluding steroid dienone is 1. The minimum Gasteiger partial charge on any atom is -0.396 e. The van der Waals surface area contributed by atoms with E-state index in [1.54, 1.807) is 13.1 Å². The Balaban J connectivity index is 0.00000480. The molecule has 168 valence electrons. The highest BCUT2D eigenvalue weighted by atomic mass is 35.5. The molecular formula is C22H29ClN4O3S. The fourth-order valence-electron chi connectivity index (χ4n) is 2.82. The number of hydrogen-bond acceptors (Lipinski definition) is 7. The molecule has 1 aromatic heterocycles. The van der Waals surface area contributed by atoms with E-state index in [2.05, 4.69) is 9.97 Å². The number of benzene rings is 1. The van der Waals surface area contributed by atoms with Gasteiger partial charge in [0.25, 0.3) is 0 Å². The molecular weight excluding hydrogens is 436 g/mol. The quantitative estimate of drug-likeness (QED) is 0.385. The summed E-state index contributed by atoms with van der Waals surface area (Å²) >= 11 is 1.48. The summed E-state index contributed by atoms with van der Waals surface area (Å²) in [7, 11) is 0. The molecule has 0 saturated heterocycles. The number of nitrogen functional groups attached to an aromatic ring is 1. The zero-order chi connectivity index (χ0) is 22.1. The summed E-state index contributed by atoms with van der Waals surface area (Å²) < 4.78 is 0. The SMILES string of the molecule is CC(=C(CCO)SCCC(=O)c1ccc(C)cc1)N(C=O)Cc1cnc(C)nc1N.Cl. The highest BCUT2D eigenvalue weighted by Crippen LogP contribution is 2.27. The van der Waals surface area contributed by atoms with Crippen LogP contribution in [0.1, 0.15) is 47.1 Å². The van der Waals surface area contributed by atoms with Crippen LogP contribution in [0.5, 0.6) is 0 Å². The fraction of sp³-hybridized carbons (Fsp3) is 0.364. The van der Waals surface area contributed by atoms with E-state index in [0.717, 1.165) is 16.9 Å². The molecule has 1 amide bonds. The van der Waals surface area contributed by atoms with Crippen molar-refractivity contribution in [3.05, 3.63) is 63.6 Å². The number of ketones is 1. The van der Waals surface area contributed by atoms with Gasteiger partial charge in [-0.25, -0.2) is 9.97 Å². The summed E-state index contributed by atoms with van der Waals surface area (Å²) in [5.41, 5.74) is 9.11. The molecule has 0 atom stereocenters. The van der Waals surface area contributed by atoms with Gasteiger partial charge in [-0.15, -0.1) is 24.2 Å². The number of aryl methyl sites for hydroxylation is 2. The number of aromatic nitrogens is 2. The number of nitrogens with two attached hydrogens (primary N) is 1. The molecule has 0 radical (unpaired) electrons. The lowest BCUT2D eigenvalue weighted by atomic mass is 10.1. The monoisotopic (exact) mass is 464 g/mol. The molecule has 31 heavy (non-hydrogen) atoms. The van der Waals surface area contributed by atoms with Crippen LogP contribution in [0.15, 0.2) is 41.1 Å². The number of nitrogens with zero attached hydrogens (tertiary/aromatic N) is 3. The van der Waals surface area contributed by atoms with Crippen molar-refractivity contribution in [2.45, 2.75) is 40.2 Å². The Kier molecular flexibility index (Phi) is 11.2. The summed E-state index contributed by atoms with van der Waals surface area (Å²) in [5, 5.41) is 9.46. The van der Waals surface area contributed by atoms with Crippen molar-refractivity contribution in [1.29, 1.82) is 0 Å². The first-order valence-electron chi connectivity index (χ1n) is 9.69. The highest BCUT2D eigenvalue weighted by Gasteiger charge is 2.15. The summed E-state index contributed by atoms with van der Waals surface area (Å²) in [6.07, 6.45) is 3.11. The van der Waals surface area contributed by atoms with Gasteiger partial charge in [0.1, 0.15) is 11.6 Å². The number of aliphatic hydroxyl groups is 1. The number of Topliss-reactive ketones (excluding diaryl/α,β-unsaturated/α-hetero) is 1. The second-order valence-electron chi connectivity index (χ2n) is 6.93. The Hall–Kier alpha value is -2.42. The molecule has 1 aromatic carbocycles. The van der Waals surface area contributed by atoms with E-state index >= 15 is 0 Å². The molecule has 0 saturated carbocycles. The Morgan fingerprint density at radius 3 is 2.48 bits per heavy atom. The van der Waals surface area contributed by atoms with Crippen LogP contribution >= 0.6 is 24.2 Å². The highest BCUT2D eigenvalue weighted by molar-refractivity contribution is 8.03. The second-order valence-corrected chi connectivity index (χ2v) is 8.12. The number of carbonyl (C=O) groups excluding carboxylic acids is 2. The number of carbonyl (C=O) groups is 2. The number of halogens is 1. The van der Waals surface area contributed by atoms with Gasteiger partial charge in [0.2, 0.25) is 6.41 Å². The van der Waals surface area contributed by atoms with E-state index in [1.165, 1.54) is 16.7 Å².